The quantitative estimate of drug-likeness (QED) is 0.793. The molecule has 1 saturated carbocycles. The standard InChI is InChI=1S/C16H19N3O3/c1-2-19-12-6-4-3-5-11(12)18-13(19)7-10-17-14(20)16(8-9-16)15(21)22/h3-6H,2,7-10H2,1H3,(H,17,20)(H,21,22). The van der Waals surface area contributed by atoms with E-state index >= 15 is 0 Å². The summed E-state index contributed by atoms with van der Waals surface area (Å²) in [6.07, 6.45) is 1.45. The third-order valence-electron chi connectivity index (χ3n) is 4.28. The third-order valence-corrected chi connectivity index (χ3v) is 4.28. The highest BCUT2D eigenvalue weighted by molar-refractivity contribution is 6.04. The average Bonchev–Trinajstić information content (AvgIpc) is 3.24. The van der Waals surface area contributed by atoms with Gasteiger partial charge in [0.2, 0.25) is 5.91 Å². The van der Waals surface area contributed by atoms with Gasteiger partial charge in [0.25, 0.3) is 0 Å². The second kappa shape index (κ2) is 5.44. The Balaban J connectivity index is 1.67. The molecule has 1 aromatic heterocycles. The molecular weight excluding hydrogens is 282 g/mol. The molecule has 6 heteroatoms. The summed E-state index contributed by atoms with van der Waals surface area (Å²) in [7, 11) is 0. The van der Waals surface area contributed by atoms with Crippen LogP contribution in [-0.2, 0) is 22.6 Å². The molecule has 0 bridgehead atoms. The van der Waals surface area contributed by atoms with Gasteiger partial charge in [-0.1, -0.05) is 12.1 Å². The van der Waals surface area contributed by atoms with Crippen LogP contribution in [0, 0.1) is 5.41 Å². The molecule has 1 aliphatic rings. The summed E-state index contributed by atoms with van der Waals surface area (Å²) in [4.78, 5) is 27.7. The molecule has 1 heterocycles. The molecule has 22 heavy (non-hydrogen) atoms. The van der Waals surface area contributed by atoms with E-state index in [0.29, 0.717) is 25.8 Å². The largest absolute Gasteiger partial charge is 0.480 e. The summed E-state index contributed by atoms with van der Waals surface area (Å²) in [5, 5.41) is 11.8. The second-order valence-corrected chi connectivity index (χ2v) is 5.65. The van der Waals surface area contributed by atoms with Gasteiger partial charge in [0.15, 0.2) is 0 Å². The van der Waals surface area contributed by atoms with Crippen molar-refractivity contribution in [3.05, 3.63) is 30.1 Å². The lowest BCUT2D eigenvalue weighted by Crippen LogP contribution is -2.38. The van der Waals surface area contributed by atoms with E-state index in [2.05, 4.69) is 21.8 Å². The van der Waals surface area contributed by atoms with Crippen molar-refractivity contribution >= 4 is 22.9 Å². The number of fused-ring (bicyclic) bond motifs is 1. The van der Waals surface area contributed by atoms with Crippen LogP contribution in [0.25, 0.3) is 11.0 Å². The molecule has 0 aliphatic heterocycles. The minimum absolute atomic E-state index is 0.376. The zero-order chi connectivity index (χ0) is 15.7. The van der Waals surface area contributed by atoms with Crippen LogP contribution in [0.2, 0.25) is 0 Å². The molecule has 0 radical (unpaired) electrons. The Kier molecular flexibility index (Phi) is 3.60. The number of nitrogens with one attached hydrogen (secondary N) is 1. The van der Waals surface area contributed by atoms with Gasteiger partial charge in [-0.05, 0) is 31.9 Å². The molecule has 116 valence electrons. The number of amides is 1. The van der Waals surface area contributed by atoms with Gasteiger partial charge in [-0.25, -0.2) is 4.98 Å². The van der Waals surface area contributed by atoms with Gasteiger partial charge in [-0.15, -0.1) is 0 Å². The molecule has 1 aliphatic carbocycles. The topological polar surface area (TPSA) is 84.2 Å². The molecule has 0 saturated heterocycles. The molecule has 0 atom stereocenters. The van der Waals surface area contributed by atoms with Gasteiger partial charge >= 0.3 is 5.97 Å². The fourth-order valence-electron chi connectivity index (χ4n) is 2.79. The lowest BCUT2D eigenvalue weighted by atomic mass is 10.1. The van der Waals surface area contributed by atoms with E-state index in [4.69, 9.17) is 5.11 Å². The predicted octanol–water partition coefficient (Wildman–Crippen LogP) is 1.58. The normalized spacial score (nSPS) is 15.7. The number of hydrogen-bond acceptors (Lipinski definition) is 3. The van der Waals surface area contributed by atoms with Crippen molar-refractivity contribution in [3.63, 3.8) is 0 Å². The van der Waals surface area contributed by atoms with Crippen molar-refractivity contribution in [2.45, 2.75) is 32.7 Å². The van der Waals surface area contributed by atoms with Gasteiger partial charge in [-0.2, -0.15) is 0 Å². The SMILES string of the molecule is CCn1c(CCNC(=O)C2(C(=O)O)CC2)nc2ccccc21. The Morgan fingerprint density at radius 2 is 2.09 bits per heavy atom. The van der Waals surface area contributed by atoms with Gasteiger partial charge in [-0.3, -0.25) is 9.59 Å². The van der Waals surface area contributed by atoms with E-state index in [-0.39, 0.29) is 5.91 Å². The van der Waals surface area contributed by atoms with E-state index < -0.39 is 11.4 Å². The van der Waals surface area contributed by atoms with Crippen LogP contribution in [0.5, 0.6) is 0 Å². The van der Waals surface area contributed by atoms with Crippen LogP contribution >= 0.6 is 0 Å². The monoisotopic (exact) mass is 301 g/mol. The predicted molar refractivity (Wildman–Crippen MR) is 81.4 cm³/mol. The number of nitrogens with zero attached hydrogens (tertiary/aromatic N) is 2. The molecule has 2 aromatic rings. The molecule has 1 amide bonds. The zero-order valence-electron chi connectivity index (χ0n) is 12.5. The number of carbonyl (C=O) groups excluding carboxylic acids is 1. The first-order chi connectivity index (χ1) is 10.6. The smallest absolute Gasteiger partial charge is 0.319 e. The summed E-state index contributed by atoms with van der Waals surface area (Å²) in [6.45, 7) is 3.26. The summed E-state index contributed by atoms with van der Waals surface area (Å²) < 4.78 is 2.12. The van der Waals surface area contributed by atoms with Crippen molar-refractivity contribution in [3.8, 4) is 0 Å². The fourth-order valence-corrected chi connectivity index (χ4v) is 2.79. The lowest BCUT2D eigenvalue weighted by molar-refractivity contribution is -0.149. The number of carboxylic acids is 1. The minimum Gasteiger partial charge on any atom is -0.480 e. The first-order valence-corrected chi connectivity index (χ1v) is 7.54. The molecule has 2 N–H and O–H groups in total. The Hall–Kier alpha value is -2.37. The van der Waals surface area contributed by atoms with E-state index in [1.165, 1.54) is 0 Å². The average molecular weight is 301 g/mol. The highest BCUT2D eigenvalue weighted by Gasteiger charge is 2.56. The van der Waals surface area contributed by atoms with Crippen LogP contribution < -0.4 is 5.32 Å². The fraction of sp³-hybridized carbons (Fsp3) is 0.438. The zero-order valence-corrected chi connectivity index (χ0v) is 12.5. The van der Waals surface area contributed by atoms with Crippen LogP contribution in [0.3, 0.4) is 0 Å². The number of imidazole rings is 1. The Bertz CT molecular complexity index is 731. The number of benzene rings is 1. The summed E-state index contributed by atoms with van der Waals surface area (Å²) >= 11 is 0. The first-order valence-electron chi connectivity index (χ1n) is 7.54. The van der Waals surface area contributed by atoms with Crippen LogP contribution in [0.1, 0.15) is 25.6 Å². The van der Waals surface area contributed by atoms with Crippen LogP contribution in [0.15, 0.2) is 24.3 Å². The van der Waals surface area contributed by atoms with E-state index in [0.717, 1.165) is 23.4 Å². The van der Waals surface area contributed by atoms with Crippen molar-refractivity contribution in [2.75, 3.05) is 6.54 Å². The molecule has 1 fully saturated rings. The molecule has 6 nitrogen and oxygen atoms in total. The number of carbonyl (C=O) groups is 2. The molecule has 0 unspecified atom stereocenters. The van der Waals surface area contributed by atoms with Gasteiger partial charge in [0.1, 0.15) is 11.2 Å². The maximum Gasteiger partial charge on any atom is 0.319 e. The summed E-state index contributed by atoms with van der Waals surface area (Å²) in [6, 6.07) is 7.92. The van der Waals surface area contributed by atoms with Gasteiger partial charge in [0.05, 0.1) is 11.0 Å². The highest BCUT2D eigenvalue weighted by Crippen LogP contribution is 2.46. The lowest BCUT2D eigenvalue weighted by Gasteiger charge is -2.11. The summed E-state index contributed by atoms with van der Waals surface area (Å²) in [5.41, 5.74) is 0.843. The van der Waals surface area contributed by atoms with E-state index in [1.54, 1.807) is 0 Å². The number of rotatable bonds is 6. The number of carboxylic acid groups (broad SMARTS) is 1. The summed E-state index contributed by atoms with van der Waals surface area (Å²) in [5.74, 6) is -0.492. The van der Waals surface area contributed by atoms with E-state index in [9.17, 15) is 9.59 Å². The number of aromatic nitrogens is 2. The number of para-hydroxylation sites is 2. The van der Waals surface area contributed by atoms with Gasteiger partial charge in [0, 0.05) is 19.5 Å². The van der Waals surface area contributed by atoms with Crippen molar-refractivity contribution < 1.29 is 14.7 Å². The van der Waals surface area contributed by atoms with E-state index in [1.807, 2.05) is 24.3 Å². The molecule has 1 aromatic carbocycles. The van der Waals surface area contributed by atoms with Gasteiger partial charge < -0.3 is 15.0 Å². The first kappa shape index (κ1) is 14.6. The maximum atomic E-state index is 12.0. The molecule has 0 spiro atoms. The van der Waals surface area contributed by atoms with Crippen LogP contribution in [0.4, 0.5) is 0 Å². The second-order valence-electron chi connectivity index (χ2n) is 5.65. The van der Waals surface area contributed by atoms with Crippen molar-refractivity contribution in [1.29, 1.82) is 0 Å². The maximum absolute atomic E-state index is 12.0. The van der Waals surface area contributed by atoms with Crippen molar-refractivity contribution in [1.82, 2.24) is 14.9 Å². The number of aliphatic carboxylic acids is 1. The number of aryl methyl sites for hydroxylation is 1. The third kappa shape index (κ3) is 2.34. The van der Waals surface area contributed by atoms with Crippen molar-refractivity contribution in [2.24, 2.45) is 5.41 Å². The minimum atomic E-state index is -1.18. The molecular formula is C16H19N3O3. The molecule has 3 rings (SSSR count). The Morgan fingerprint density at radius 3 is 2.73 bits per heavy atom. The Morgan fingerprint density at radius 1 is 1.36 bits per heavy atom. The number of hydrogen-bond donors (Lipinski definition) is 2. The van der Waals surface area contributed by atoms with Crippen LogP contribution in [-0.4, -0.2) is 33.1 Å². The highest BCUT2D eigenvalue weighted by atomic mass is 16.4. The Labute approximate surface area is 128 Å².